The molecule has 2 rings (SSSR count). The number of nitrogens with zero attached hydrogens (tertiary/aromatic N) is 2. The third kappa shape index (κ3) is 4.37. The van der Waals surface area contributed by atoms with Crippen LogP contribution in [0.2, 0.25) is 10.3 Å². The number of halogens is 2. The van der Waals surface area contributed by atoms with Gasteiger partial charge in [0.15, 0.2) is 5.82 Å². The van der Waals surface area contributed by atoms with Crippen LogP contribution < -0.4 is 5.32 Å². The van der Waals surface area contributed by atoms with E-state index in [0.29, 0.717) is 10.8 Å². The van der Waals surface area contributed by atoms with Crippen LogP contribution in [0.15, 0.2) is 24.4 Å². The largest absolute Gasteiger partial charge is 0.339 e. The molecule has 0 aliphatic carbocycles. The Balaban J connectivity index is 0.000000861. The molecule has 1 heterocycles. The lowest BCUT2D eigenvalue weighted by atomic mass is 10.1. The first-order valence-electron chi connectivity index (χ1n) is 6.08. The summed E-state index contributed by atoms with van der Waals surface area (Å²) in [4.78, 5) is 7.83. The van der Waals surface area contributed by atoms with Crippen LogP contribution in [0.3, 0.4) is 0 Å². The van der Waals surface area contributed by atoms with Gasteiger partial charge in [0, 0.05) is 5.69 Å². The van der Waals surface area contributed by atoms with Crippen molar-refractivity contribution in [2.24, 2.45) is 0 Å². The molecule has 2 aromatic rings. The summed E-state index contributed by atoms with van der Waals surface area (Å²) in [5, 5.41) is 3.72. The lowest BCUT2D eigenvalue weighted by Gasteiger charge is -2.09. The zero-order chi connectivity index (χ0) is 14.4. The van der Waals surface area contributed by atoms with E-state index in [4.69, 9.17) is 23.2 Å². The van der Waals surface area contributed by atoms with Crippen LogP contribution in [-0.2, 0) is 0 Å². The molecule has 0 atom stereocenters. The fraction of sp³-hybridized carbons (Fsp3) is 0.286. The number of nitrogens with one attached hydrogen (secondary N) is 1. The summed E-state index contributed by atoms with van der Waals surface area (Å²) >= 11 is 11.7. The monoisotopic (exact) mass is 297 g/mol. The minimum Gasteiger partial charge on any atom is -0.339 e. The molecule has 0 fully saturated rings. The van der Waals surface area contributed by atoms with Crippen molar-refractivity contribution in [2.75, 3.05) is 5.32 Å². The van der Waals surface area contributed by atoms with E-state index in [-0.39, 0.29) is 5.28 Å². The quantitative estimate of drug-likeness (QED) is 0.777. The highest BCUT2D eigenvalue weighted by atomic mass is 35.5. The summed E-state index contributed by atoms with van der Waals surface area (Å²) in [7, 11) is 0. The third-order valence-corrected chi connectivity index (χ3v) is 2.94. The van der Waals surface area contributed by atoms with Gasteiger partial charge < -0.3 is 5.32 Å². The van der Waals surface area contributed by atoms with Gasteiger partial charge in [-0.2, -0.15) is 4.98 Å². The molecular weight excluding hydrogens is 281 g/mol. The standard InChI is InChI=1S/C12H11Cl2N3.C2H6/c1-7-3-4-9(5-8(7)2)16-11-10(13)6-15-12(14)17-11;1-2/h3-6H,1-2H3,(H,15,16,17);1-2H3. The molecule has 0 unspecified atom stereocenters. The van der Waals surface area contributed by atoms with Crippen molar-refractivity contribution in [1.82, 2.24) is 9.97 Å². The van der Waals surface area contributed by atoms with Crippen molar-refractivity contribution in [1.29, 1.82) is 0 Å². The zero-order valence-electron chi connectivity index (χ0n) is 11.5. The van der Waals surface area contributed by atoms with E-state index in [9.17, 15) is 0 Å². The second kappa shape index (κ2) is 7.31. The summed E-state index contributed by atoms with van der Waals surface area (Å²) in [6.07, 6.45) is 1.47. The molecule has 1 aromatic heterocycles. The van der Waals surface area contributed by atoms with Gasteiger partial charge in [-0.1, -0.05) is 31.5 Å². The molecule has 1 aromatic carbocycles. The highest BCUT2D eigenvalue weighted by Gasteiger charge is 2.05. The van der Waals surface area contributed by atoms with Gasteiger partial charge in [0.25, 0.3) is 0 Å². The van der Waals surface area contributed by atoms with E-state index < -0.39 is 0 Å². The third-order valence-electron chi connectivity index (χ3n) is 2.48. The summed E-state index contributed by atoms with van der Waals surface area (Å²) in [6.45, 7) is 8.11. The first kappa shape index (κ1) is 15.7. The number of aromatic nitrogens is 2. The zero-order valence-corrected chi connectivity index (χ0v) is 13.0. The lowest BCUT2D eigenvalue weighted by molar-refractivity contribution is 1.17. The summed E-state index contributed by atoms with van der Waals surface area (Å²) in [6, 6.07) is 6.03. The van der Waals surface area contributed by atoms with Gasteiger partial charge >= 0.3 is 0 Å². The van der Waals surface area contributed by atoms with E-state index >= 15 is 0 Å². The Morgan fingerprint density at radius 3 is 2.37 bits per heavy atom. The Morgan fingerprint density at radius 2 is 1.74 bits per heavy atom. The highest BCUT2D eigenvalue weighted by molar-refractivity contribution is 6.33. The number of benzene rings is 1. The molecule has 102 valence electrons. The van der Waals surface area contributed by atoms with E-state index in [0.717, 1.165) is 5.69 Å². The van der Waals surface area contributed by atoms with Gasteiger partial charge in [-0.25, -0.2) is 4.98 Å². The Morgan fingerprint density at radius 1 is 1.05 bits per heavy atom. The maximum atomic E-state index is 5.97. The molecule has 0 aliphatic rings. The number of anilines is 2. The van der Waals surface area contributed by atoms with E-state index in [1.165, 1.54) is 17.3 Å². The maximum Gasteiger partial charge on any atom is 0.224 e. The molecule has 19 heavy (non-hydrogen) atoms. The molecule has 0 amide bonds. The van der Waals surface area contributed by atoms with Gasteiger partial charge in [0.05, 0.1) is 6.20 Å². The van der Waals surface area contributed by atoms with Crippen LogP contribution in [0.5, 0.6) is 0 Å². The van der Waals surface area contributed by atoms with Crippen LogP contribution in [-0.4, -0.2) is 9.97 Å². The Kier molecular flexibility index (Phi) is 6.06. The van der Waals surface area contributed by atoms with Crippen molar-refractivity contribution in [2.45, 2.75) is 27.7 Å². The predicted molar refractivity (Wildman–Crippen MR) is 82.6 cm³/mol. The minimum absolute atomic E-state index is 0.167. The molecule has 3 nitrogen and oxygen atoms in total. The van der Waals surface area contributed by atoms with Gasteiger partial charge in [-0.05, 0) is 48.7 Å². The van der Waals surface area contributed by atoms with Crippen LogP contribution >= 0.6 is 23.2 Å². The summed E-state index contributed by atoms with van der Waals surface area (Å²) in [5.41, 5.74) is 3.36. The normalized spacial score (nSPS) is 9.58. The van der Waals surface area contributed by atoms with Crippen molar-refractivity contribution >= 4 is 34.7 Å². The fourth-order valence-corrected chi connectivity index (χ4v) is 1.66. The van der Waals surface area contributed by atoms with E-state index in [2.05, 4.69) is 29.1 Å². The highest BCUT2D eigenvalue weighted by Crippen LogP contribution is 2.24. The van der Waals surface area contributed by atoms with Crippen molar-refractivity contribution < 1.29 is 0 Å². The Hall–Kier alpha value is -1.32. The molecule has 0 spiro atoms. The lowest BCUT2D eigenvalue weighted by Crippen LogP contribution is -1.97. The molecule has 1 N–H and O–H groups in total. The number of hydrogen-bond acceptors (Lipinski definition) is 3. The second-order valence-electron chi connectivity index (χ2n) is 3.76. The van der Waals surface area contributed by atoms with E-state index in [1.54, 1.807) is 0 Å². The molecule has 5 heteroatoms. The number of aryl methyl sites for hydroxylation is 2. The average Bonchev–Trinajstić information content (AvgIpc) is 2.41. The van der Waals surface area contributed by atoms with E-state index in [1.807, 2.05) is 32.0 Å². The second-order valence-corrected chi connectivity index (χ2v) is 4.50. The van der Waals surface area contributed by atoms with Crippen LogP contribution in [0.1, 0.15) is 25.0 Å². The summed E-state index contributed by atoms with van der Waals surface area (Å²) in [5.74, 6) is 0.509. The molecule has 0 saturated carbocycles. The SMILES string of the molecule is CC.Cc1ccc(Nc2nc(Cl)ncc2Cl)cc1C. The fourth-order valence-electron chi connectivity index (χ4n) is 1.39. The van der Waals surface area contributed by atoms with Crippen molar-refractivity contribution in [3.8, 4) is 0 Å². The average molecular weight is 298 g/mol. The number of hydrogen-bond donors (Lipinski definition) is 1. The van der Waals surface area contributed by atoms with Crippen LogP contribution in [0, 0.1) is 13.8 Å². The Labute approximate surface area is 124 Å². The summed E-state index contributed by atoms with van der Waals surface area (Å²) < 4.78 is 0. The first-order chi connectivity index (χ1) is 9.06. The van der Waals surface area contributed by atoms with Gasteiger partial charge in [-0.3, -0.25) is 0 Å². The molecular formula is C14H17Cl2N3. The molecule has 0 radical (unpaired) electrons. The minimum atomic E-state index is 0.167. The predicted octanol–water partition coefficient (Wildman–Crippen LogP) is 5.17. The van der Waals surface area contributed by atoms with Crippen molar-refractivity contribution in [3.05, 3.63) is 45.8 Å². The maximum absolute atomic E-state index is 5.97. The topological polar surface area (TPSA) is 37.8 Å². The first-order valence-corrected chi connectivity index (χ1v) is 6.84. The van der Waals surface area contributed by atoms with Crippen molar-refractivity contribution in [3.63, 3.8) is 0 Å². The molecule has 0 aliphatic heterocycles. The van der Waals surface area contributed by atoms with Gasteiger partial charge in [0.1, 0.15) is 5.02 Å². The molecule has 0 bridgehead atoms. The Bertz CT molecular complexity index is 556. The van der Waals surface area contributed by atoms with Crippen LogP contribution in [0.25, 0.3) is 0 Å². The van der Waals surface area contributed by atoms with Crippen LogP contribution in [0.4, 0.5) is 11.5 Å². The van der Waals surface area contributed by atoms with Gasteiger partial charge in [0.2, 0.25) is 5.28 Å². The smallest absolute Gasteiger partial charge is 0.224 e. The van der Waals surface area contributed by atoms with Gasteiger partial charge in [-0.15, -0.1) is 0 Å². The number of rotatable bonds is 2. The molecule has 0 saturated heterocycles.